The summed E-state index contributed by atoms with van der Waals surface area (Å²) in [5.74, 6) is 0.948. The van der Waals surface area contributed by atoms with Gasteiger partial charge in [-0.05, 0) is 40.4 Å². The van der Waals surface area contributed by atoms with Crippen molar-refractivity contribution >= 4 is 61.7 Å². The van der Waals surface area contributed by atoms with E-state index in [1.807, 2.05) is 12.1 Å². The molecule has 0 unspecified atom stereocenters. The van der Waals surface area contributed by atoms with E-state index in [4.69, 9.17) is 14.3 Å². The molecule has 4 aromatic carbocycles. The van der Waals surface area contributed by atoms with Gasteiger partial charge >= 0.3 is 7.12 Å². The van der Waals surface area contributed by atoms with Crippen molar-refractivity contribution in [3.05, 3.63) is 104 Å². The van der Waals surface area contributed by atoms with E-state index in [0.717, 1.165) is 43.8 Å². The lowest BCUT2D eigenvalue weighted by atomic mass is 9.78. The van der Waals surface area contributed by atoms with Crippen LogP contribution >= 0.6 is 0 Å². The van der Waals surface area contributed by atoms with Crippen LogP contribution in [-0.4, -0.2) is 16.5 Å². The highest BCUT2D eigenvalue weighted by atomic mass is 16.6. The van der Waals surface area contributed by atoms with Gasteiger partial charge in [0, 0.05) is 16.2 Å². The zero-order valence-electron chi connectivity index (χ0n) is 17.2. The minimum absolute atomic E-state index is 0.474. The van der Waals surface area contributed by atoms with E-state index in [1.54, 1.807) is 0 Å². The van der Waals surface area contributed by atoms with Crippen LogP contribution in [0.1, 0.15) is 0 Å². The number of pyridine rings is 1. The van der Waals surface area contributed by atoms with Gasteiger partial charge in [-0.3, -0.25) is 4.40 Å². The number of hydrogen-bond acceptors (Lipinski definition) is 3. The molecule has 2 aromatic heterocycles. The molecular weight excluding hydrogens is 395 g/mol. The first-order chi connectivity index (χ1) is 15.7. The van der Waals surface area contributed by atoms with Crippen molar-refractivity contribution in [1.29, 1.82) is 0 Å². The van der Waals surface area contributed by atoms with Gasteiger partial charge < -0.3 is 9.31 Å². The second-order valence-corrected chi connectivity index (χ2v) is 8.16. The van der Waals surface area contributed by atoms with Crippen LogP contribution in [-0.2, 0) is 9.31 Å². The highest BCUT2D eigenvalue weighted by Crippen LogP contribution is 2.36. The molecule has 0 bridgehead atoms. The van der Waals surface area contributed by atoms with Crippen LogP contribution in [0.3, 0.4) is 0 Å². The Kier molecular flexibility index (Phi) is 3.35. The molecule has 4 nitrogen and oxygen atoms in total. The van der Waals surface area contributed by atoms with Gasteiger partial charge in [0.1, 0.15) is 17.2 Å². The Balaban J connectivity index is 1.68. The molecule has 5 heteroatoms. The predicted molar refractivity (Wildman–Crippen MR) is 131 cm³/mol. The van der Waals surface area contributed by atoms with Crippen LogP contribution in [0, 0.1) is 0 Å². The van der Waals surface area contributed by atoms with E-state index in [-0.39, 0.29) is 0 Å². The van der Waals surface area contributed by atoms with Crippen LogP contribution in [0.5, 0.6) is 0 Å². The molecule has 1 aliphatic rings. The maximum Gasteiger partial charge on any atom is 0.632 e. The van der Waals surface area contributed by atoms with E-state index in [9.17, 15) is 0 Å². The summed E-state index contributed by atoms with van der Waals surface area (Å²) >= 11 is 0. The molecule has 1 aliphatic heterocycles. The minimum Gasteiger partial charge on any atom is -0.520 e. The zero-order chi connectivity index (χ0) is 21.4. The summed E-state index contributed by atoms with van der Waals surface area (Å²) in [5.41, 5.74) is 5.05. The molecule has 6 aromatic rings. The number of rotatable bonds is 1. The summed E-state index contributed by atoms with van der Waals surface area (Å²) in [5, 5.41) is 5.80. The number of nitrogens with zero attached hydrogens (tertiary/aromatic N) is 2. The van der Waals surface area contributed by atoms with Gasteiger partial charge in [0.25, 0.3) is 0 Å². The summed E-state index contributed by atoms with van der Waals surface area (Å²) in [7, 11) is -0.537. The predicted octanol–water partition coefficient (Wildman–Crippen LogP) is 5.72. The third kappa shape index (κ3) is 2.25. The molecule has 0 radical (unpaired) electrons. The van der Waals surface area contributed by atoms with Crippen molar-refractivity contribution in [3.63, 3.8) is 0 Å². The first-order valence-electron chi connectivity index (χ1n) is 10.5. The highest BCUT2D eigenvalue weighted by Gasteiger charge is 2.34. The fourth-order valence-electron chi connectivity index (χ4n) is 4.84. The molecule has 1 fully saturated rings. The topological polar surface area (TPSA) is 35.8 Å². The molecule has 0 atom stereocenters. The van der Waals surface area contributed by atoms with Crippen molar-refractivity contribution in [2.45, 2.75) is 0 Å². The quantitative estimate of drug-likeness (QED) is 0.256. The molecule has 0 spiro atoms. The Morgan fingerprint density at radius 1 is 0.719 bits per heavy atom. The van der Waals surface area contributed by atoms with Gasteiger partial charge in [-0.15, -0.1) is 0 Å². The van der Waals surface area contributed by atoms with Crippen molar-refractivity contribution in [3.8, 4) is 0 Å². The second-order valence-electron chi connectivity index (χ2n) is 8.16. The molecule has 7 rings (SSSR count). The Labute approximate surface area is 184 Å². The van der Waals surface area contributed by atoms with Crippen molar-refractivity contribution in [2.24, 2.45) is 0 Å². The lowest BCUT2D eigenvalue weighted by Crippen LogP contribution is -2.31. The maximum atomic E-state index is 5.80. The Bertz CT molecular complexity index is 1770. The standard InChI is InChI=1S/C27H17BN2O2/c1-16-17(2)32-28(31-16)19-12-14-24-22(15-19)21-13-11-18-7-3-4-8-20(18)26(21)27-29-23-9-5-6-10-25(23)30(24)27/h3-15H,1-2H2. The van der Waals surface area contributed by atoms with Gasteiger partial charge in [-0.2, -0.15) is 0 Å². The summed E-state index contributed by atoms with van der Waals surface area (Å²) in [6.07, 6.45) is 0. The molecule has 1 saturated heterocycles. The molecule has 0 N–H and O–H groups in total. The second kappa shape index (κ2) is 6.14. The summed E-state index contributed by atoms with van der Waals surface area (Å²) in [4.78, 5) is 5.05. The number of hydrogen-bond donors (Lipinski definition) is 0. The van der Waals surface area contributed by atoms with Crippen LogP contribution in [0.15, 0.2) is 104 Å². The summed E-state index contributed by atoms with van der Waals surface area (Å²) in [6.45, 7) is 7.73. The molecule has 0 amide bonds. The number of imidazole rings is 1. The van der Waals surface area contributed by atoms with Gasteiger partial charge in [0.2, 0.25) is 0 Å². The number of para-hydroxylation sites is 2. The van der Waals surface area contributed by atoms with E-state index in [2.05, 4.69) is 84.3 Å². The Hall–Kier alpha value is -4.25. The molecule has 0 aliphatic carbocycles. The van der Waals surface area contributed by atoms with Crippen LogP contribution in [0.2, 0.25) is 0 Å². The van der Waals surface area contributed by atoms with Gasteiger partial charge in [-0.1, -0.05) is 67.8 Å². The summed E-state index contributed by atoms with van der Waals surface area (Å²) < 4.78 is 13.9. The van der Waals surface area contributed by atoms with Crippen LogP contribution in [0.4, 0.5) is 0 Å². The highest BCUT2D eigenvalue weighted by molar-refractivity contribution is 6.63. The van der Waals surface area contributed by atoms with Crippen molar-refractivity contribution in [2.75, 3.05) is 0 Å². The smallest absolute Gasteiger partial charge is 0.520 e. The third-order valence-corrected chi connectivity index (χ3v) is 6.35. The van der Waals surface area contributed by atoms with Gasteiger partial charge in [-0.25, -0.2) is 4.98 Å². The van der Waals surface area contributed by atoms with Gasteiger partial charge in [0.05, 0.1) is 16.6 Å². The zero-order valence-corrected chi connectivity index (χ0v) is 17.2. The fraction of sp³-hybridized carbons (Fsp3) is 0. The van der Waals surface area contributed by atoms with E-state index in [1.165, 1.54) is 10.8 Å². The normalized spacial score (nSPS) is 14.2. The van der Waals surface area contributed by atoms with Crippen molar-refractivity contribution < 1.29 is 9.31 Å². The lowest BCUT2D eigenvalue weighted by molar-refractivity contribution is 0.431. The van der Waals surface area contributed by atoms with Gasteiger partial charge in [0.15, 0.2) is 0 Å². The van der Waals surface area contributed by atoms with Crippen LogP contribution in [0.25, 0.3) is 49.1 Å². The van der Waals surface area contributed by atoms with E-state index >= 15 is 0 Å². The fourth-order valence-corrected chi connectivity index (χ4v) is 4.84. The van der Waals surface area contributed by atoms with Crippen LogP contribution < -0.4 is 5.46 Å². The Morgan fingerprint density at radius 2 is 1.50 bits per heavy atom. The van der Waals surface area contributed by atoms with Crippen molar-refractivity contribution in [1.82, 2.24) is 9.38 Å². The maximum absolute atomic E-state index is 5.80. The van der Waals surface area contributed by atoms with E-state index < -0.39 is 7.12 Å². The average molecular weight is 412 g/mol. The Morgan fingerprint density at radius 3 is 2.38 bits per heavy atom. The number of aromatic nitrogens is 2. The first kappa shape index (κ1) is 17.4. The molecular formula is C27H17BN2O2. The third-order valence-electron chi connectivity index (χ3n) is 6.35. The SMILES string of the molecule is C=C1OB(c2ccc3c(c2)c2ccc4ccccc4c2c2nc4ccccc4n32)OC1=C. The molecule has 3 heterocycles. The largest absolute Gasteiger partial charge is 0.632 e. The minimum atomic E-state index is -0.537. The first-order valence-corrected chi connectivity index (χ1v) is 10.5. The lowest BCUT2D eigenvalue weighted by Gasteiger charge is -2.13. The molecule has 32 heavy (non-hydrogen) atoms. The molecule has 0 saturated carbocycles. The number of benzene rings is 4. The summed E-state index contributed by atoms with van der Waals surface area (Å²) in [6, 6.07) is 27.4. The molecule has 150 valence electrons. The monoisotopic (exact) mass is 412 g/mol. The average Bonchev–Trinajstić information content (AvgIpc) is 3.38. The van der Waals surface area contributed by atoms with E-state index in [0.29, 0.717) is 11.5 Å². The number of fused-ring (bicyclic) bond motifs is 10.